The van der Waals surface area contributed by atoms with E-state index in [1.165, 1.54) is 0 Å². The molecule has 0 saturated carbocycles. The summed E-state index contributed by atoms with van der Waals surface area (Å²) in [7, 11) is 0. The summed E-state index contributed by atoms with van der Waals surface area (Å²) in [5.41, 5.74) is 0. The van der Waals surface area contributed by atoms with Crippen LogP contribution in [-0.2, 0) is 19.1 Å². The van der Waals surface area contributed by atoms with Crippen molar-refractivity contribution in [2.24, 2.45) is 0 Å². The number of carbonyl (C=O) groups is 3. The molecule has 1 atom stereocenters. The Labute approximate surface area is 81.8 Å². The van der Waals surface area contributed by atoms with Crippen LogP contribution in [0.3, 0.4) is 0 Å². The molecule has 0 aromatic rings. The highest BCUT2D eigenvalue weighted by atomic mass is 16.5. The van der Waals surface area contributed by atoms with Crippen LogP contribution < -0.4 is 5.32 Å². The number of rotatable bonds is 4. The Hall–Kier alpha value is -1.39. The van der Waals surface area contributed by atoms with Crippen molar-refractivity contribution >= 4 is 17.7 Å². The van der Waals surface area contributed by atoms with Gasteiger partial charge in [0.1, 0.15) is 6.42 Å². The molecule has 0 radical (unpaired) electrons. The minimum atomic E-state index is -0.529. The van der Waals surface area contributed by atoms with Crippen molar-refractivity contribution in [3.63, 3.8) is 0 Å². The Morgan fingerprint density at radius 3 is 2.79 bits per heavy atom. The first-order chi connectivity index (χ1) is 6.63. The molecule has 0 aliphatic carbocycles. The van der Waals surface area contributed by atoms with Crippen LogP contribution in [0.1, 0.15) is 26.2 Å². The minimum absolute atomic E-state index is 0.132. The van der Waals surface area contributed by atoms with E-state index in [0.29, 0.717) is 12.8 Å². The van der Waals surface area contributed by atoms with Crippen LogP contribution >= 0.6 is 0 Å². The van der Waals surface area contributed by atoms with Gasteiger partial charge in [0, 0.05) is 6.42 Å². The predicted molar refractivity (Wildman–Crippen MR) is 47.4 cm³/mol. The van der Waals surface area contributed by atoms with E-state index in [1.54, 1.807) is 6.92 Å². The second-order valence-corrected chi connectivity index (χ2v) is 3.11. The molecule has 1 saturated heterocycles. The molecular formula is C9H13NO4. The van der Waals surface area contributed by atoms with Gasteiger partial charge in [0.05, 0.1) is 12.6 Å². The van der Waals surface area contributed by atoms with E-state index in [2.05, 4.69) is 10.1 Å². The highest BCUT2D eigenvalue weighted by Crippen LogP contribution is 2.09. The van der Waals surface area contributed by atoms with Gasteiger partial charge in [-0.1, -0.05) is 0 Å². The molecule has 0 bridgehead atoms. The topological polar surface area (TPSA) is 72.5 Å². The van der Waals surface area contributed by atoms with Gasteiger partial charge < -0.3 is 10.1 Å². The first-order valence-corrected chi connectivity index (χ1v) is 4.61. The van der Waals surface area contributed by atoms with Gasteiger partial charge in [-0.3, -0.25) is 14.4 Å². The van der Waals surface area contributed by atoms with Gasteiger partial charge in [0.25, 0.3) is 0 Å². The number of Topliss-reactive ketones (excluding diaryl/α,β-unsaturated/α-hetero) is 1. The standard InChI is InChI=1S/C9H13NO4/c1-2-14-9(13)5-7(11)6-3-4-8(12)10-6/h6H,2-5H2,1H3,(H,10,12)/t6-/m0/s1. The Balaban J connectivity index is 2.35. The molecule has 0 unspecified atom stereocenters. The average molecular weight is 199 g/mol. The van der Waals surface area contributed by atoms with E-state index in [4.69, 9.17) is 0 Å². The summed E-state index contributed by atoms with van der Waals surface area (Å²) in [6.45, 7) is 1.95. The summed E-state index contributed by atoms with van der Waals surface area (Å²) in [4.78, 5) is 33.1. The van der Waals surface area contributed by atoms with Gasteiger partial charge >= 0.3 is 5.97 Å². The maximum atomic E-state index is 11.4. The second kappa shape index (κ2) is 4.74. The fourth-order valence-corrected chi connectivity index (χ4v) is 1.33. The molecule has 1 heterocycles. The summed E-state index contributed by atoms with van der Waals surface area (Å²) in [5, 5.41) is 2.50. The maximum Gasteiger partial charge on any atom is 0.313 e. The number of ketones is 1. The van der Waals surface area contributed by atoms with Gasteiger partial charge in [-0.2, -0.15) is 0 Å². The third-order valence-electron chi connectivity index (χ3n) is 2.01. The van der Waals surface area contributed by atoms with E-state index in [9.17, 15) is 14.4 Å². The molecule has 1 N–H and O–H groups in total. The Kier molecular flexibility index (Phi) is 3.62. The van der Waals surface area contributed by atoms with Crippen molar-refractivity contribution in [3.05, 3.63) is 0 Å². The third kappa shape index (κ3) is 2.83. The lowest BCUT2D eigenvalue weighted by Crippen LogP contribution is -2.34. The number of esters is 1. The molecule has 1 fully saturated rings. The zero-order valence-corrected chi connectivity index (χ0v) is 8.04. The zero-order chi connectivity index (χ0) is 10.6. The molecular weight excluding hydrogens is 186 g/mol. The van der Waals surface area contributed by atoms with Crippen LogP contribution in [0, 0.1) is 0 Å². The van der Waals surface area contributed by atoms with Crippen LogP contribution in [0.5, 0.6) is 0 Å². The van der Waals surface area contributed by atoms with Crippen LogP contribution in [0.25, 0.3) is 0 Å². The van der Waals surface area contributed by atoms with Crippen LogP contribution in [-0.4, -0.2) is 30.3 Å². The number of hydrogen-bond acceptors (Lipinski definition) is 4. The molecule has 1 aliphatic heterocycles. The van der Waals surface area contributed by atoms with Gasteiger partial charge in [-0.05, 0) is 13.3 Å². The molecule has 1 aliphatic rings. The Morgan fingerprint density at radius 1 is 1.57 bits per heavy atom. The van der Waals surface area contributed by atoms with Gasteiger partial charge in [0.15, 0.2) is 5.78 Å². The number of nitrogens with one attached hydrogen (secondary N) is 1. The molecule has 0 aromatic heterocycles. The average Bonchev–Trinajstić information content (AvgIpc) is 2.52. The number of ether oxygens (including phenoxy) is 1. The van der Waals surface area contributed by atoms with Crippen LogP contribution in [0.4, 0.5) is 0 Å². The summed E-state index contributed by atoms with van der Waals surface area (Å²) in [6.07, 6.45) is 0.592. The van der Waals surface area contributed by atoms with Crippen molar-refractivity contribution < 1.29 is 19.1 Å². The van der Waals surface area contributed by atoms with E-state index in [1.807, 2.05) is 0 Å². The second-order valence-electron chi connectivity index (χ2n) is 3.11. The van der Waals surface area contributed by atoms with Crippen molar-refractivity contribution in [2.45, 2.75) is 32.2 Å². The van der Waals surface area contributed by atoms with E-state index in [-0.39, 0.29) is 24.7 Å². The Bertz CT molecular complexity index is 262. The predicted octanol–water partition coefficient (Wildman–Crippen LogP) is -0.213. The molecule has 1 rings (SSSR count). The molecule has 1 amide bonds. The molecule has 0 spiro atoms. The molecule has 0 aromatic carbocycles. The fraction of sp³-hybridized carbons (Fsp3) is 0.667. The smallest absolute Gasteiger partial charge is 0.313 e. The summed E-state index contributed by atoms with van der Waals surface area (Å²) in [6, 6.07) is -0.494. The lowest BCUT2D eigenvalue weighted by atomic mass is 10.1. The third-order valence-corrected chi connectivity index (χ3v) is 2.01. The number of amides is 1. The summed E-state index contributed by atoms with van der Waals surface area (Å²) in [5.74, 6) is -0.930. The number of carbonyl (C=O) groups excluding carboxylic acids is 3. The molecule has 5 heteroatoms. The first-order valence-electron chi connectivity index (χ1n) is 4.61. The highest BCUT2D eigenvalue weighted by Gasteiger charge is 2.28. The number of hydrogen-bond donors (Lipinski definition) is 1. The fourth-order valence-electron chi connectivity index (χ4n) is 1.33. The highest BCUT2D eigenvalue weighted by molar-refractivity contribution is 6.01. The van der Waals surface area contributed by atoms with Crippen molar-refractivity contribution in [1.82, 2.24) is 5.32 Å². The van der Waals surface area contributed by atoms with Gasteiger partial charge in [0.2, 0.25) is 5.91 Å². The lowest BCUT2D eigenvalue weighted by Gasteiger charge is -2.07. The van der Waals surface area contributed by atoms with E-state index >= 15 is 0 Å². The van der Waals surface area contributed by atoms with E-state index in [0.717, 1.165) is 0 Å². The monoisotopic (exact) mass is 199 g/mol. The van der Waals surface area contributed by atoms with Crippen molar-refractivity contribution in [3.8, 4) is 0 Å². The van der Waals surface area contributed by atoms with Crippen LogP contribution in [0.15, 0.2) is 0 Å². The van der Waals surface area contributed by atoms with Crippen LogP contribution in [0.2, 0.25) is 0 Å². The summed E-state index contributed by atoms with van der Waals surface area (Å²) < 4.78 is 4.63. The van der Waals surface area contributed by atoms with Gasteiger partial charge in [-0.15, -0.1) is 0 Å². The first kappa shape index (κ1) is 10.7. The van der Waals surface area contributed by atoms with E-state index < -0.39 is 12.0 Å². The van der Waals surface area contributed by atoms with Crippen molar-refractivity contribution in [1.29, 1.82) is 0 Å². The summed E-state index contributed by atoms with van der Waals surface area (Å²) >= 11 is 0. The van der Waals surface area contributed by atoms with Crippen molar-refractivity contribution in [2.75, 3.05) is 6.61 Å². The lowest BCUT2D eigenvalue weighted by molar-refractivity contribution is -0.146. The zero-order valence-electron chi connectivity index (χ0n) is 8.04. The van der Waals surface area contributed by atoms with Gasteiger partial charge in [-0.25, -0.2) is 0 Å². The largest absolute Gasteiger partial charge is 0.466 e. The normalized spacial score (nSPS) is 20.4. The Morgan fingerprint density at radius 2 is 2.29 bits per heavy atom. The molecule has 78 valence electrons. The SMILES string of the molecule is CCOC(=O)CC(=O)[C@@H]1CCC(=O)N1. The minimum Gasteiger partial charge on any atom is -0.466 e. The quantitative estimate of drug-likeness (QED) is 0.502. The molecule has 14 heavy (non-hydrogen) atoms. The maximum absolute atomic E-state index is 11.4. The molecule has 5 nitrogen and oxygen atoms in total.